The van der Waals surface area contributed by atoms with E-state index in [1.807, 2.05) is 11.8 Å². The summed E-state index contributed by atoms with van der Waals surface area (Å²) in [4.78, 5) is 4.71. The molecule has 0 aromatic heterocycles. The van der Waals surface area contributed by atoms with Crippen molar-refractivity contribution in [3.05, 3.63) is 0 Å². The van der Waals surface area contributed by atoms with E-state index in [1.165, 1.54) is 49.4 Å². The molecule has 1 heterocycles. The molecule has 17 heavy (non-hydrogen) atoms. The van der Waals surface area contributed by atoms with Crippen molar-refractivity contribution < 1.29 is 0 Å². The normalized spacial score (nSPS) is 18.9. The molecule has 2 nitrogen and oxygen atoms in total. The minimum Gasteiger partial charge on any atom is -0.365 e. The predicted octanol–water partition coefficient (Wildman–Crippen LogP) is 4.07. The van der Waals surface area contributed by atoms with Crippen LogP contribution in [0.3, 0.4) is 0 Å². The monoisotopic (exact) mass is 256 g/mol. The Morgan fingerprint density at radius 3 is 2.47 bits per heavy atom. The molecule has 1 aliphatic rings. The van der Waals surface area contributed by atoms with Crippen LogP contribution in [0, 0.1) is 5.41 Å². The number of amidine groups is 1. The lowest BCUT2D eigenvalue weighted by molar-refractivity contribution is 0.318. The molecule has 0 bridgehead atoms. The van der Waals surface area contributed by atoms with Crippen molar-refractivity contribution >= 4 is 16.9 Å². The fraction of sp³-hybridized carbons (Fsp3) is 0.929. The highest BCUT2D eigenvalue weighted by molar-refractivity contribution is 8.13. The van der Waals surface area contributed by atoms with E-state index in [9.17, 15) is 0 Å². The summed E-state index contributed by atoms with van der Waals surface area (Å²) in [7, 11) is 0. The van der Waals surface area contributed by atoms with Gasteiger partial charge in [0.05, 0.1) is 0 Å². The number of rotatable bonds is 7. The number of hydrogen-bond acceptors (Lipinski definition) is 3. The second-order valence-corrected chi connectivity index (χ2v) is 6.07. The zero-order chi connectivity index (χ0) is 12.6. The van der Waals surface area contributed by atoms with Gasteiger partial charge in [-0.1, -0.05) is 51.8 Å². The standard InChI is InChI=1S/C14H28N2S/c1-4-7-8-9-10-15-13-16-11-14(5-2,6-3)12-17-13/h4-12H2,1-3H3,(H,15,16). The number of aliphatic imine (C=N–C) groups is 1. The van der Waals surface area contributed by atoms with Crippen molar-refractivity contribution in [2.24, 2.45) is 10.4 Å². The van der Waals surface area contributed by atoms with E-state index in [0.717, 1.165) is 13.1 Å². The Balaban J connectivity index is 2.22. The average Bonchev–Trinajstić information content (AvgIpc) is 2.39. The first kappa shape index (κ1) is 14.9. The number of nitrogens with zero attached hydrogens (tertiary/aromatic N) is 1. The van der Waals surface area contributed by atoms with Crippen LogP contribution in [-0.4, -0.2) is 24.0 Å². The van der Waals surface area contributed by atoms with Crippen molar-refractivity contribution in [2.75, 3.05) is 18.8 Å². The van der Waals surface area contributed by atoms with Gasteiger partial charge in [0.1, 0.15) is 0 Å². The lowest BCUT2D eigenvalue weighted by Crippen LogP contribution is -2.34. The second-order valence-electron chi connectivity index (χ2n) is 5.10. The van der Waals surface area contributed by atoms with Crippen LogP contribution in [0.4, 0.5) is 0 Å². The minimum absolute atomic E-state index is 0.470. The van der Waals surface area contributed by atoms with Crippen LogP contribution in [0.2, 0.25) is 0 Å². The third kappa shape index (κ3) is 4.90. The Bertz CT molecular complexity index is 234. The van der Waals surface area contributed by atoms with Gasteiger partial charge in [-0.2, -0.15) is 0 Å². The quantitative estimate of drug-likeness (QED) is 0.695. The summed E-state index contributed by atoms with van der Waals surface area (Å²) in [5.41, 5.74) is 0.470. The molecule has 0 aromatic rings. The molecule has 0 aliphatic carbocycles. The highest BCUT2D eigenvalue weighted by Gasteiger charge is 2.29. The molecule has 0 saturated heterocycles. The van der Waals surface area contributed by atoms with Crippen LogP contribution in [-0.2, 0) is 0 Å². The molecule has 1 N–H and O–H groups in total. The highest BCUT2D eigenvalue weighted by Crippen LogP contribution is 2.34. The Morgan fingerprint density at radius 1 is 1.18 bits per heavy atom. The number of thioether (sulfide) groups is 1. The molecule has 3 heteroatoms. The van der Waals surface area contributed by atoms with Crippen LogP contribution in [0.25, 0.3) is 0 Å². The zero-order valence-electron chi connectivity index (χ0n) is 11.7. The third-order valence-electron chi connectivity index (χ3n) is 3.88. The van der Waals surface area contributed by atoms with Gasteiger partial charge in [-0.15, -0.1) is 0 Å². The average molecular weight is 256 g/mol. The van der Waals surface area contributed by atoms with E-state index in [-0.39, 0.29) is 0 Å². The first-order valence-electron chi connectivity index (χ1n) is 7.17. The summed E-state index contributed by atoms with van der Waals surface area (Å²) in [6, 6.07) is 0. The van der Waals surface area contributed by atoms with Crippen LogP contribution in [0.1, 0.15) is 59.3 Å². The van der Waals surface area contributed by atoms with Crippen molar-refractivity contribution in [3.63, 3.8) is 0 Å². The van der Waals surface area contributed by atoms with Crippen molar-refractivity contribution in [1.82, 2.24) is 5.32 Å². The van der Waals surface area contributed by atoms with E-state index in [4.69, 9.17) is 4.99 Å². The molecule has 0 aromatic carbocycles. The summed E-state index contributed by atoms with van der Waals surface area (Å²) >= 11 is 1.92. The van der Waals surface area contributed by atoms with E-state index < -0.39 is 0 Å². The van der Waals surface area contributed by atoms with Gasteiger partial charge < -0.3 is 5.32 Å². The predicted molar refractivity (Wildman–Crippen MR) is 79.9 cm³/mol. The summed E-state index contributed by atoms with van der Waals surface area (Å²) in [6.07, 6.45) is 7.80. The third-order valence-corrected chi connectivity index (χ3v) is 5.18. The molecular formula is C14H28N2S. The largest absolute Gasteiger partial charge is 0.365 e. The van der Waals surface area contributed by atoms with Gasteiger partial charge in [-0.3, -0.25) is 4.99 Å². The van der Waals surface area contributed by atoms with Crippen LogP contribution < -0.4 is 5.32 Å². The maximum absolute atomic E-state index is 4.71. The number of nitrogens with one attached hydrogen (secondary N) is 1. The number of unbranched alkanes of at least 4 members (excludes halogenated alkanes) is 3. The summed E-state index contributed by atoms with van der Waals surface area (Å²) in [6.45, 7) is 8.95. The zero-order valence-corrected chi connectivity index (χ0v) is 12.5. The Morgan fingerprint density at radius 2 is 1.94 bits per heavy atom. The van der Waals surface area contributed by atoms with Gasteiger partial charge >= 0.3 is 0 Å². The van der Waals surface area contributed by atoms with Crippen LogP contribution in [0.5, 0.6) is 0 Å². The van der Waals surface area contributed by atoms with Gasteiger partial charge in [-0.05, 0) is 24.7 Å². The maximum Gasteiger partial charge on any atom is 0.156 e. The fourth-order valence-corrected chi connectivity index (χ4v) is 3.39. The molecule has 0 fully saturated rings. The fourth-order valence-electron chi connectivity index (χ4n) is 2.08. The first-order valence-corrected chi connectivity index (χ1v) is 8.16. The molecule has 1 aliphatic heterocycles. The van der Waals surface area contributed by atoms with Crippen molar-refractivity contribution in [2.45, 2.75) is 59.3 Å². The smallest absolute Gasteiger partial charge is 0.156 e. The molecule has 0 radical (unpaired) electrons. The summed E-state index contributed by atoms with van der Waals surface area (Å²) in [5, 5.41) is 4.66. The molecule has 0 saturated carbocycles. The van der Waals surface area contributed by atoms with Crippen molar-refractivity contribution in [3.8, 4) is 0 Å². The molecule has 0 atom stereocenters. The van der Waals surface area contributed by atoms with Crippen LogP contribution >= 0.6 is 11.8 Å². The van der Waals surface area contributed by atoms with Gasteiger partial charge in [0.15, 0.2) is 5.17 Å². The Kier molecular flexibility index (Phi) is 7.02. The molecule has 100 valence electrons. The summed E-state index contributed by atoms with van der Waals surface area (Å²) in [5.74, 6) is 1.24. The van der Waals surface area contributed by atoms with E-state index in [0.29, 0.717) is 5.41 Å². The highest BCUT2D eigenvalue weighted by atomic mass is 32.2. The lowest BCUT2D eigenvalue weighted by Gasteiger charge is -2.33. The van der Waals surface area contributed by atoms with Crippen LogP contribution in [0.15, 0.2) is 4.99 Å². The van der Waals surface area contributed by atoms with Crippen molar-refractivity contribution in [1.29, 1.82) is 0 Å². The van der Waals surface area contributed by atoms with Gasteiger partial charge in [-0.25, -0.2) is 0 Å². The van der Waals surface area contributed by atoms with Gasteiger partial charge in [0.25, 0.3) is 0 Å². The first-order chi connectivity index (χ1) is 8.26. The molecule has 1 rings (SSSR count). The molecule has 0 unspecified atom stereocenters. The molecular weight excluding hydrogens is 228 g/mol. The minimum atomic E-state index is 0.470. The maximum atomic E-state index is 4.71. The molecule has 0 amide bonds. The van der Waals surface area contributed by atoms with E-state index in [1.54, 1.807) is 0 Å². The van der Waals surface area contributed by atoms with E-state index >= 15 is 0 Å². The van der Waals surface area contributed by atoms with Gasteiger partial charge in [0, 0.05) is 18.8 Å². The lowest BCUT2D eigenvalue weighted by atomic mass is 9.84. The Labute approximate surface area is 111 Å². The van der Waals surface area contributed by atoms with Gasteiger partial charge in [0.2, 0.25) is 0 Å². The topological polar surface area (TPSA) is 24.4 Å². The second kappa shape index (κ2) is 8.02. The SMILES string of the molecule is CCCCCCNC1=NCC(CC)(CC)CS1. The Hall–Kier alpha value is -0.180. The number of hydrogen-bond donors (Lipinski definition) is 1. The van der Waals surface area contributed by atoms with E-state index in [2.05, 4.69) is 26.1 Å². The summed E-state index contributed by atoms with van der Waals surface area (Å²) < 4.78 is 0. The molecule has 0 spiro atoms.